The number of carbonyl (C=O) groups is 1. The van der Waals surface area contributed by atoms with Gasteiger partial charge in [-0.15, -0.1) is 0 Å². The third-order valence-corrected chi connectivity index (χ3v) is 8.36. The second-order valence-electron chi connectivity index (χ2n) is 9.56. The zero-order chi connectivity index (χ0) is 29.1. The topological polar surface area (TPSA) is 96.6 Å². The third kappa shape index (κ3) is 6.61. The maximum absolute atomic E-state index is 13.1. The van der Waals surface area contributed by atoms with Crippen molar-refractivity contribution in [1.82, 2.24) is 5.01 Å². The van der Waals surface area contributed by atoms with Gasteiger partial charge >= 0.3 is 6.18 Å². The van der Waals surface area contributed by atoms with Crippen molar-refractivity contribution in [1.29, 1.82) is 5.41 Å². The van der Waals surface area contributed by atoms with Crippen LogP contribution in [-0.4, -0.2) is 53.5 Å². The van der Waals surface area contributed by atoms with E-state index in [-0.39, 0.29) is 29.1 Å². The molecule has 0 spiro atoms. The number of amides is 1. The number of aliphatic imine (C=N–C) groups is 1. The Labute approximate surface area is 247 Å². The lowest BCUT2D eigenvalue weighted by atomic mass is 9.84. The van der Waals surface area contributed by atoms with Crippen LogP contribution in [0.4, 0.5) is 13.2 Å². The van der Waals surface area contributed by atoms with Crippen LogP contribution in [0.3, 0.4) is 0 Å². The van der Waals surface area contributed by atoms with Crippen LogP contribution in [0.25, 0.3) is 6.08 Å². The first-order chi connectivity index (χ1) is 19.6. The summed E-state index contributed by atoms with van der Waals surface area (Å²) >= 11 is 3.65. The predicted octanol–water partition coefficient (Wildman–Crippen LogP) is 7.14. The van der Waals surface area contributed by atoms with Gasteiger partial charge in [-0.25, -0.2) is 0 Å². The molecule has 0 atom stereocenters. The molecule has 0 unspecified atom stereocenters. The molecule has 2 aliphatic heterocycles. The normalized spacial score (nSPS) is 18.8. The number of hydrazone groups is 1. The number of rotatable bonds is 8. The number of hydrogen-bond donors (Lipinski definition) is 1. The molecule has 2 heterocycles. The Hall–Kier alpha value is -3.32. The highest BCUT2D eigenvalue weighted by Crippen LogP contribution is 2.39. The van der Waals surface area contributed by atoms with Gasteiger partial charge in [0.25, 0.3) is 5.91 Å². The van der Waals surface area contributed by atoms with Crippen molar-refractivity contribution in [3.8, 4) is 17.2 Å². The van der Waals surface area contributed by atoms with Gasteiger partial charge in [-0.05, 0) is 87.9 Å². The molecule has 1 saturated carbocycles. The monoisotopic (exact) mass is 650 g/mol. The molecular formula is C28H26BrF3N4O4S. The number of nitrogens with one attached hydrogen (secondary N) is 1. The summed E-state index contributed by atoms with van der Waals surface area (Å²) in [4.78, 5) is 16.2. The molecule has 2 aromatic rings. The van der Waals surface area contributed by atoms with E-state index in [1.54, 1.807) is 12.1 Å². The summed E-state index contributed by atoms with van der Waals surface area (Å²) in [5, 5.41) is 10.9. The maximum Gasteiger partial charge on any atom is 0.441 e. The number of fused-ring (bicyclic) bond motifs is 1. The van der Waals surface area contributed by atoms with Crippen LogP contribution in [0.1, 0.15) is 49.1 Å². The summed E-state index contributed by atoms with van der Waals surface area (Å²) in [6.45, 7) is 0.525. The van der Waals surface area contributed by atoms with Crippen molar-refractivity contribution < 1.29 is 32.2 Å². The maximum atomic E-state index is 13.1. The zero-order valence-corrected chi connectivity index (χ0v) is 24.4. The molecule has 0 aromatic heterocycles. The Balaban J connectivity index is 1.23. The lowest BCUT2D eigenvalue weighted by Crippen LogP contribution is -2.35. The van der Waals surface area contributed by atoms with E-state index in [0.717, 1.165) is 5.75 Å². The largest absolute Gasteiger partial charge is 0.493 e. The van der Waals surface area contributed by atoms with Crippen LogP contribution in [0.15, 0.2) is 56.5 Å². The number of hydrogen-bond acceptors (Lipinski definition) is 7. The van der Waals surface area contributed by atoms with Gasteiger partial charge in [0.2, 0.25) is 10.2 Å². The van der Waals surface area contributed by atoms with Gasteiger partial charge in [0, 0.05) is 0 Å². The molecule has 1 fully saturated rings. The fourth-order valence-electron chi connectivity index (χ4n) is 4.81. The lowest BCUT2D eigenvalue weighted by molar-refractivity contribution is -0.114. The number of nitrogens with zero attached hydrogens (tertiary/aromatic N) is 3. The summed E-state index contributed by atoms with van der Waals surface area (Å²) < 4.78 is 56.9. The quantitative estimate of drug-likeness (QED) is 0.241. The Morgan fingerprint density at radius 2 is 1.83 bits per heavy atom. The van der Waals surface area contributed by atoms with E-state index < -0.39 is 23.0 Å². The average molecular weight is 652 g/mol. The van der Waals surface area contributed by atoms with E-state index in [2.05, 4.69) is 38.2 Å². The molecule has 0 bridgehead atoms. The standard InChI is InChI=1S/C28H26BrF3N4O4S/c1-38-22-15-16(13-20-24(33)36-27(34-25(20)37)41-26(35-36)28(30,31)32)14-21(29)23(22)40-12-11-39-19-9-7-18(8-10-19)17-5-3-2-4-6-17/h7-10,13-15,17,33H,2-6,11-12H2,1H3/b20-13+,33-24?. The van der Waals surface area contributed by atoms with E-state index >= 15 is 0 Å². The van der Waals surface area contributed by atoms with Crippen LogP contribution < -0.4 is 14.2 Å². The highest BCUT2D eigenvalue weighted by atomic mass is 79.9. The Morgan fingerprint density at radius 1 is 1.12 bits per heavy atom. The number of alkyl halides is 3. The van der Waals surface area contributed by atoms with E-state index in [9.17, 15) is 18.0 Å². The van der Waals surface area contributed by atoms with Gasteiger partial charge in [-0.3, -0.25) is 10.2 Å². The summed E-state index contributed by atoms with van der Waals surface area (Å²) in [5.74, 6) is 0.793. The van der Waals surface area contributed by atoms with Gasteiger partial charge in [0.15, 0.2) is 17.3 Å². The van der Waals surface area contributed by atoms with Gasteiger partial charge in [-0.1, -0.05) is 31.4 Å². The Bertz CT molecular complexity index is 1440. The first kappa shape index (κ1) is 29.2. The predicted molar refractivity (Wildman–Crippen MR) is 155 cm³/mol. The highest BCUT2D eigenvalue weighted by molar-refractivity contribution is 9.10. The smallest absolute Gasteiger partial charge is 0.441 e. The molecule has 13 heteroatoms. The minimum Gasteiger partial charge on any atom is -0.493 e. The summed E-state index contributed by atoms with van der Waals surface area (Å²) in [7, 11) is 1.45. The number of amidine groups is 2. The molecule has 0 saturated heterocycles. The number of methoxy groups -OCH3 is 1. The molecule has 1 amide bonds. The van der Waals surface area contributed by atoms with E-state index in [4.69, 9.17) is 19.6 Å². The van der Waals surface area contributed by atoms with Gasteiger partial charge in [-0.2, -0.15) is 28.3 Å². The molecule has 41 heavy (non-hydrogen) atoms. The fraction of sp³-hybridized carbons (Fsp3) is 0.357. The van der Waals surface area contributed by atoms with E-state index in [1.807, 2.05) is 12.1 Å². The van der Waals surface area contributed by atoms with Crippen molar-refractivity contribution in [3.63, 3.8) is 0 Å². The van der Waals surface area contributed by atoms with Crippen molar-refractivity contribution in [3.05, 3.63) is 57.6 Å². The fourth-order valence-corrected chi connectivity index (χ4v) is 6.14. The van der Waals surface area contributed by atoms with Crippen LogP contribution in [0.2, 0.25) is 0 Å². The number of halogens is 4. The van der Waals surface area contributed by atoms with Crippen LogP contribution >= 0.6 is 27.7 Å². The Morgan fingerprint density at radius 3 is 2.51 bits per heavy atom. The molecule has 0 radical (unpaired) electrons. The second kappa shape index (κ2) is 12.3. The molecule has 2 aromatic carbocycles. The molecule has 3 aliphatic rings. The molecule has 1 aliphatic carbocycles. The first-order valence-electron chi connectivity index (χ1n) is 12.9. The molecule has 5 rings (SSSR count). The second-order valence-corrected chi connectivity index (χ2v) is 11.4. The van der Waals surface area contributed by atoms with Crippen LogP contribution in [0, 0.1) is 5.41 Å². The molecular weight excluding hydrogens is 625 g/mol. The van der Waals surface area contributed by atoms with E-state index in [0.29, 0.717) is 39.1 Å². The first-order valence-corrected chi connectivity index (χ1v) is 14.6. The third-order valence-electron chi connectivity index (χ3n) is 6.81. The van der Waals surface area contributed by atoms with Crippen molar-refractivity contribution in [2.45, 2.75) is 44.2 Å². The number of carbonyl (C=O) groups excluding carboxylic acids is 1. The highest BCUT2D eigenvalue weighted by Gasteiger charge is 2.46. The van der Waals surface area contributed by atoms with Crippen molar-refractivity contribution in [2.24, 2.45) is 10.1 Å². The van der Waals surface area contributed by atoms with Gasteiger partial charge in [0.1, 0.15) is 19.0 Å². The number of benzene rings is 2. The Kier molecular flexibility index (Phi) is 8.74. The van der Waals surface area contributed by atoms with E-state index in [1.165, 1.54) is 50.9 Å². The van der Waals surface area contributed by atoms with Crippen molar-refractivity contribution >= 4 is 55.7 Å². The lowest BCUT2D eigenvalue weighted by Gasteiger charge is -2.22. The van der Waals surface area contributed by atoms with Gasteiger partial charge in [0.05, 0.1) is 17.2 Å². The number of ether oxygens (including phenoxy) is 3. The zero-order valence-electron chi connectivity index (χ0n) is 22.0. The SMILES string of the molecule is COc1cc(/C=C2\C(=N)N3N=C(C(F)(F)F)SC3=NC2=O)cc(Br)c1OCCOc1ccc(C2CCCCC2)cc1. The van der Waals surface area contributed by atoms with Gasteiger partial charge < -0.3 is 14.2 Å². The van der Waals surface area contributed by atoms with Crippen LogP contribution in [0.5, 0.6) is 17.2 Å². The average Bonchev–Trinajstić information content (AvgIpc) is 3.40. The molecule has 1 N–H and O–H groups in total. The summed E-state index contributed by atoms with van der Waals surface area (Å²) in [5.41, 5.74) is 1.58. The van der Waals surface area contributed by atoms with Crippen molar-refractivity contribution in [2.75, 3.05) is 20.3 Å². The molecule has 216 valence electrons. The van der Waals surface area contributed by atoms with Crippen LogP contribution in [-0.2, 0) is 4.79 Å². The molecule has 8 nitrogen and oxygen atoms in total. The minimum atomic E-state index is -4.71. The summed E-state index contributed by atoms with van der Waals surface area (Å²) in [6.07, 6.45) is 3.00. The summed E-state index contributed by atoms with van der Waals surface area (Å²) in [6, 6.07) is 11.4. The minimum absolute atomic E-state index is 0.200. The number of thioether (sulfide) groups is 1.